The van der Waals surface area contributed by atoms with Crippen molar-refractivity contribution in [2.75, 3.05) is 32.7 Å². The number of nitrogens with zero attached hydrogens (tertiary/aromatic N) is 2. The number of hydrogen-bond donors (Lipinski definition) is 0. The minimum absolute atomic E-state index is 0.210. The van der Waals surface area contributed by atoms with Gasteiger partial charge in [-0.25, -0.2) is 4.39 Å². The molecule has 1 aromatic rings. The van der Waals surface area contributed by atoms with Gasteiger partial charge in [-0.1, -0.05) is 26.0 Å². The molecule has 0 bridgehead atoms. The Morgan fingerprint density at radius 2 is 1.95 bits per heavy atom. The van der Waals surface area contributed by atoms with E-state index in [1.54, 1.807) is 12.1 Å². The summed E-state index contributed by atoms with van der Waals surface area (Å²) in [4.78, 5) is 16.8. The highest BCUT2D eigenvalue weighted by Crippen LogP contribution is 2.15. The van der Waals surface area contributed by atoms with Crippen LogP contribution in [0, 0.1) is 5.82 Å². The van der Waals surface area contributed by atoms with Gasteiger partial charge in [-0.2, -0.15) is 0 Å². The molecule has 0 amide bonds. The minimum atomic E-state index is -0.257. The van der Waals surface area contributed by atoms with E-state index in [0.29, 0.717) is 19.0 Å². The summed E-state index contributed by atoms with van der Waals surface area (Å²) in [6, 6.07) is 6.79. The molecule has 0 N–H and O–H groups in total. The van der Waals surface area contributed by atoms with Crippen LogP contribution in [0.3, 0.4) is 0 Å². The molecule has 1 heterocycles. The monoisotopic (exact) mass is 292 g/mol. The maximum absolute atomic E-state index is 12.8. The Morgan fingerprint density at radius 1 is 1.29 bits per heavy atom. The molecule has 1 aromatic carbocycles. The van der Waals surface area contributed by atoms with Gasteiger partial charge in [0.2, 0.25) is 0 Å². The summed E-state index contributed by atoms with van der Waals surface area (Å²) in [5.41, 5.74) is 0.890. The van der Waals surface area contributed by atoms with E-state index in [2.05, 4.69) is 23.6 Å². The summed E-state index contributed by atoms with van der Waals surface area (Å²) in [5.74, 6) is -0.0467. The van der Waals surface area contributed by atoms with Crippen molar-refractivity contribution in [3.05, 3.63) is 35.6 Å². The molecular formula is C17H25FN2O. The predicted octanol–water partition coefficient (Wildman–Crippen LogP) is 2.35. The van der Waals surface area contributed by atoms with Crippen molar-refractivity contribution in [1.29, 1.82) is 0 Å². The van der Waals surface area contributed by atoms with Crippen molar-refractivity contribution in [2.24, 2.45) is 0 Å². The fourth-order valence-corrected chi connectivity index (χ4v) is 3.13. The standard InChI is InChI=1S/C17H25FN2O/c1-3-20(4-2)16-9-10-19(12-16)13-17(21)11-14-5-7-15(18)8-6-14/h5-8,16H,3-4,9-13H2,1-2H3. The smallest absolute Gasteiger partial charge is 0.151 e. The molecule has 1 fully saturated rings. The maximum Gasteiger partial charge on any atom is 0.151 e. The maximum atomic E-state index is 12.8. The van der Waals surface area contributed by atoms with E-state index in [4.69, 9.17) is 0 Å². The highest BCUT2D eigenvalue weighted by Gasteiger charge is 2.27. The average molecular weight is 292 g/mol. The number of benzene rings is 1. The molecule has 1 unspecified atom stereocenters. The van der Waals surface area contributed by atoms with E-state index in [1.165, 1.54) is 12.1 Å². The molecule has 0 aromatic heterocycles. The van der Waals surface area contributed by atoms with Gasteiger partial charge in [0.25, 0.3) is 0 Å². The van der Waals surface area contributed by atoms with Gasteiger partial charge in [-0.3, -0.25) is 14.6 Å². The number of carbonyl (C=O) groups excluding carboxylic acids is 1. The van der Waals surface area contributed by atoms with Crippen LogP contribution in [0.5, 0.6) is 0 Å². The number of Topliss-reactive ketones (excluding diaryl/α,β-unsaturated/α-hetero) is 1. The fourth-order valence-electron chi connectivity index (χ4n) is 3.13. The van der Waals surface area contributed by atoms with E-state index in [9.17, 15) is 9.18 Å². The summed E-state index contributed by atoms with van der Waals surface area (Å²) in [7, 11) is 0. The quantitative estimate of drug-likeness (QED) is 0.771. The SMILES string of the molecule is CCN(CC)C1CCN(CC(=O)Cc2ccc(F)cc2)C1. The van der Waals surface area contributed by atoms with Gasteiger partial charge >= 0.3 is 0 Å². The molecule has 1 aliphatic heterocycles. The number of carbonyl (C=O) groups is 1. The lowest BCUT2D eigenvalue weighted by atomic mass is 10.1. The van der Waals surface area contributed by atoms with Crippen LogP contribution in [0.1, 0.15) is 25.8 Å². The normalized spacial score (nSPS) is 19.3. The Labute approximate surface area is 126 Å². The molecule has 0 spiro atoms. The number of hydrogen-bond acceptors (Lipinski definition) is 3. The van der Waals surface area contributed by atoms with Crippen LogP contribution in [0.15, 0.2) is 24.3 Å². The van der Waals surface area contributed by atoms with Crippen molar-refractivity contribution in [2.45, 2.75) is 32.7 Å². The van der Waals surface area contributed by atoms with Crippen molar-refractivity contribution in [1.82, 2.24) is 9.80 Å². The molecule has 3 nitrogen and oxygen atoms in total. The first-order valence-electron chi connectivity index (χ1n) is 7.85. The van der Waals surface area contributed by atoms with Gasteiger partial charge in [0.05, 0.1) is 6.54 Å². The van der Waals surface area contributed by atoms with Crippen molar-refractivity contribution >= 4 is 5.78 Å². The van der Waals surface area contributed by atoms with Crippen molar-refractivity contribution in [3.8, 4) is 0 Å². The first kappa shape index (κ1) is 16.1. The summed E-state index contributed by atoms with van der Waals surface area (Å²) in [6.45, 7) is 9.00. The Morgan fingerprint density at radius 3 is 2.57 bits per heavy atom. The van der Waals surface area contributed by atoms with Gasteiger partial charge in [0.15, 0.2) is 5.78 Å². The van der Waals surface area contributed by atoms with Crippen LogP contribution in [0.25, 0.3) is 0 Å². The fraction of sp³-hybridized carbons (Fsp3) is 0.588. The largest absolute Gasteiger partial charge is 0.300 e. The zero-order valence-electron chi connectivity index (χ0n) is 13.0. The van der Waals surface area contributed by atoms with Gasteiger partial charge in [0, 0.05) is 25.6 Å². The molecular weight excluding hydrogens is 267 g/mol. The number of rotatable bonds is 7. The summed E-state index contributed by atoms with van der Waals surface area (Å²) in [5, 5.41) is 0. The highest BCUT2D eigenvalue weighted by molar-refractivity contribution is 5.82. The summed E-state index contributed by atoms with van der Waals surface area (Å²) >= 11 is 0. The lowest BCUT2D eigenvalue weighted by Crippen LogP contribution is -2.38. The van der Waals surface area contributed by atoms with Crippen molar-refractivity contribution in [3.63, 3.8) is 0 Å². The second-order valence-corrected chi connectivity index (χ2v) is 5.74. The highest BCUT2D eigenvalue weighted by atomic mass is 19.1. The molecule has 116 valence electrons. The molecule has 4 heteroatoms. The van der Waals surface area contributed by atoms with Crippen LogP contribution in [-0.2, 0) is 11.2 Å². The van der Waals surface area contributed by atoms with Gasteiger partial charge in [0.1, 0.15) is 5.82 Å². The van der Waals surface area contributed by atoms with Crippen LogP contribution in [0.2, 0.25) is 0 Å². The van der Waals surface area contributed by atoms with E-state index >= 15 is 0 Å². The molecule has 0 saturated carbocycles. The lowest BCUT2D eigenvalue weighted by Gasteiger charge is -2.26. The van der Waals surface area contributed by atoms with Crippen LogP contribution < -0.4 is 0 Å². The molecule has 1 aliphatic rings. The van der Waals surface area contributed by atoms with Gasteiger partial charge in [-0.15, -0.1) is 0 Å². The summed E-state index contributed by atoms with van der Waals surface area (Å²) in [6.07, 6.45) is 1.54. The number of likely N-dealkylation sites (tertiary alicyclic amines) is 1. The van der Waals surface area contributed by atoms with Gasteiger partial charge < -0.3 is 0 Å². The zero-order chi connectivity index (χ0) is 15.2. The first-order chi connectivity index (χ1) is 10.1. The number of likely N-dealkylation sites (N-methyl/N-ethyl adjacent to an activating group) is 1. The third-order valence-corrected chi connectivity index (χ3v) is 4.29. The Hall–Kier alpha value is -1.26. The molecule has 0 radical (unpaired) electrons. The predicted molar refractivity (Wildman–Crippen MR) is 82.9 cm³/mol. The van der Waals surface area contributed by atoms with Crippen LogP contribution in [0.4, 0.5) is 4.39 Å². The Bertz CT molecular complexity index is 456. The second-order valence-electron chi connectivity index (χ2n) is 5.74. The second kappa shape index (κ2) is 7.66. The van der Waals surface area contributed by atoms with Gasteiger partial charge in [-0.05, 0) is 37.2 Å². The first-order valence-corrected chi connectivity index (χ1v) is 7.85. The molecule has 2 rings (SSSR count). The molecule has 0 aliphatic carbocycles. The zero-order valence-corrected chi connectivity index (χ0v) is 13.0. The Balaban J connectivity index is 1.80. The molecule has 1 saturated heterocycles. The average Bonchev–Trinajstić information content (AvgIpc) is 2.91. The Kier molecular flexibility index (Phi) is 5.88. The van der Waals surface area contributed by atoms with E-state index in [1.807, 2.05) is 0 Å². The topological polar surface area (TPSA) is 23.6 Å². The third kappa shape index (κ3) is 4.61. The minimum Gasteiger partial charge on any atom is -0.300 e. The van der Waals surface area contributed by atoms with Crippen molar-refractivity contribution < 1.29 is 9.18 Å². The lowest BCUT2D eigenvalue weighted by molar-refractivity contribution is -0.119. The van der Waals surface area contributed by atoms with E-state index < -0.39 is 0 Å². The molecule has 21 heavy (non-hydrogen) atoms. The van der Waals surface area contributed by atoms with Crippen LogP contribution in [-0.4, -0.2) is 54.3 Å². The van der Waals surface area contributed by atoms with Crippen LogP contribution >= 0.6 is 0 Å². The van der Waals surface area contributed by atoms with E-state index in [0.717, 1.165) is 38.2 Å². The van der Waals surface area contributed by atoms with E-state index in [-0.39, 0.29) is 11.6 Å². The number of halogens is 1. The third-order valence-electron chi connectivity index (χ3n) is 4.29. The summed E-state index contributed by atoms with van der Waals surface area (Å²) < 4.78 is 12.8. The molecule has 1 atom stereocenters. The number of ketones is 1.